The summed E-state index contributed by atoms with van der Waals surface area (Å²) in [5, 5.41) is 27.3. The lowest BCUT2D eigenvalue weighted by Gasteiger charge is -2.06. The molecule has 2 rings (SSSR count). The average molecular weight is 316 g/mol. The number of para-hydroxylation sites is 1. The second-order valence-corrected chi connectivity index (χ2v) is 4.60. The van der Waals surface area contributed by atoms with E-state index in [1.807, 2.05) is 30.3 Å². The largest absolute Gasteiger partial charge is 0.507 e. The number of thiocarbonyl (C=S) groups is 1. The highest BCUT2D eigenvalue weighted by molar-refractivity contribution is 7.80. The van der Waals surface area contributed by atoms with Crippen molar-refractivity contribution in [2.75, 3.05) is 5.32 Å². The maximum atomic E-state index is 10.7. The Morgan fingerprint density at radius 1 is 1.27 bits per heavy atom. The molecule has 0 bridgehead atoms. The molecule has 0 saturated heterocycles. The Balaban J connectivity index is 1.99. The monoisotopic (exact) mass is 316 g/mol. The zero-order chi connectivity index (χ0) is 15.9. The lowest BCUT2D eigenvalue weighted by molar-refractivity contribution is -0.384. The summed E-state index contributed by atoms with van der Waals surface area (Å²) in [6, 6.07) is 12.9. The standard InChI is InChI=1S/C14H12N4O3S/c19-13-7-6-12(18(20)21)8-10(13)9-15-17-14(22)16-11-4-2-1-3-5-11/h1-9,19H,(H2,16,17,22)/b15-9-. The number of anilines is 1. The summed E-state index contributed by atoms with van der Waals surface area (Å²) in [5.41, 5.74) is 3.44. The molecule has 112 valence electrons. The number of benzene rings is 2. The van der Waals surface area contributed by atoms with Crippen molar-refractivity contribution >= 4 is 34.9 Å². The first kappa shape index (κ1) is 15.4. The third-order valence-corrected chi connectivity index (χ3v) is 2.82. The number of nitrogens with one attached hydrogen (secondary N) is 2. The van der Waals surface area contributed by atoms with Crippen LogP contribution in [0, 0.1) is 10.1 Å². The maximum absolute atomic E-state index is 10.7. The summed E-state index contributed by atoms with van der Waals surface area (Å²) in [6.07, 6.45) is 1.25. The normalized spacial score (nSPS) is 10.4. The topological polar surface area (TPSA) is 99.8 Å². The van der Waals surface area contributed by atoms with E-state index >= 15 is 0 Å². The number of hydrogen-bond donors (Lipinski definition) is 3. The molecular formula is C14H12N4O3S. The van der Waals surface area contributed by atoms with Crippen LogP contribution in [-0.4, -0.2) is 21.4 Å². The lowest BCUT2D eigenvalue weighted by atomic mass is 10.2. The van der Waals surface area contributed by atoms with Crippen LogP contribution in [-0.2, 0) is 0 Å². The van der Waals surface area contributed by atoms with Crippen LogP contribution in [0.25, 0.3) is 0 Å². The Morgan fingerprint density at radius 3 is 2.68 bits per heavy atom. The van der Waals surface area contributed by atoms with Crippen LogP contribution in [0.1, 0.15) is 5.56 Å². The molecule has 0 aromatic heterocycles. The minimum atomic E-state index is -0.550. The van der Waals surface area contributed by atoms with Crippen LogP contribution in [0.3, 0.4) is 0 Å². The van der Waals surface area contributed by atoms with Gasteiger partial charge in [0.15, 0.2) is 5.11 Å². The van der Waals surface area contributed by atoms with E-state index < -0.39 is 4.92 Å². The first-order chi connectivity index (χ1) is 10.6. The fraction of sp³-hybridized carbons (Fsp3) is 0. The fourth-order valence-corrected chi connectivity index (χ4v) is 1.77. The Hall–Kier alpha value is -3.00. The van der Waals surface area contributed by atoms with Gasteiger partial charge in [0, 0.05) is 23.4 Å². The number of non-ortho nitro benzene ring substituents is 1. The first-order valence-corrected chi connectivity index (χ1v) is 6.59. The van der Waals surface area contributed by atoms with Gasteiger partial charge in [-0.25, -0.2) is 0 Å². The molecule has 0 unspecified atom stereocenters. The smallest absolute Gasteiger partial charge is 0.270 e. The SMILES string of the molecule is O=[N+]([O-])c1ccc(O)c(/C=N\NC(=S)Nc2ccccc2)c1. The van der Waals surface area contributed by atoms with Gasteiger partial charge in [0.2, 0.25) is 0 Å². The highest BCUT2D eigenvalue weighted by Gasteiger charge is 2.08. The van der Waals surface area contributed by atoms with Crippen molar-refractivity contribution in [3.63, 3.8) is 0 Å². The summed E-state index contributed by atoms with van der Waals surface area (Å²) in [4.78, 5) is 10.1. The van der Waals surface area contributed by atoms with Crippen LogP contribution < -0.4 is 10.7 Å². The summed E-state index contributed by atoms with van der Waals surface area (Å²) >= 11 is 5.04. The average Bonchev–Trinajstić information content (AvgIpc) is 2.50. The molecule has 0 aliphatic heterocycles. The predicted molar refractivity (Wildman–Crippen MR) is 88.2 cm³/mol. The zero-order valence-electron chi connectivity index (χ0n) is 11.3. The van der Waals surface area contributed by atoms with Crippen molar-refractivity contribution in [3.8, 4) is 5.75 Å². The zero-order valence-corrected chi connectivity index (χ0v) is 12.1. The maximum Gasteiger partial charge on any atom is 0.270 e. The van der Waals surface area contributed by atoms with E-state index in [0.717, 1.165) is 5.69 Å². The molecule has 0 saturated carbocycles. The Bertz CT molecular complexity index is 719. The van der Waals surface area contributed by atoms with Gasteiger partial charge in [-0.05, 0) is 30.4 Å². The number of rotatable bonds is 4. The number of aromatic hydroxyl groups is 1. The molecule has 22 heavy (non-hydrogen) atoms. The second kappa shape index (κ2) is 7.14. The first-order valence-electron chi connectivity index (χ1n) is 6.19. The number of hydrogen-bond acceptors (Lipinski definition) is 5. The van der Waals surface area contributed by atoms with E-state index in [4.69, 9.17) is 12.2 Å². The van der Waals surface area contributed by atoms with Crippen LogP contribution in [0.15, 0.2) is 53.6 Å². The molecule has 2 aromatic rings. The molecule has 0 heterocycles. The third kappa shape index (κ3) is 4.25. The summed E-state index contributed by atoms with van der Waals surface area (Å²) in [6.45, 7) is 0. The number of nitro benzene ring substituents is 1. The van der Waals surface area contributed by atoms with Crippen LogP contribution in [0.4, 0.5) is 11.4 Å². The number of nitrogens with zero attached hydrogens (tertiary/aromatic N) is 2. The van der Waals surface area contributed by atoms with Crippen molar-refractivity contribution in [1.82, 2.24) is 5.43 Å². The Morgan fingerprint density at radius 2 is 2.00 bits per heavy atom. The molecule has 3 N–H and O–H groups in total. The van der Waals surface area contributed by atoms with Crippen molar-refractivity contribution in [2.24, 2.45) is 5.10 Å². The van der Waals surface area contributed by atoms with Gasteiger partial charge in [0.05, 0.1) is 11.1 Å². The van der Waals surface area contributed by atoms with Crippen molar-refractivity contribution in [2.45, 2.75) is 0 Å². The summed E-state index contributed by atoms with van der Waals surface area (Å²) < 4.78 is 0. The predicted octanol–water partition coefficient (Wildman–Crippen LogP) is 2.62. The molecule has 0 spiro atoms. The van der Waals surface area contributed by atoms with Crippen molar-refractivity contribution < 1.29 is 10.0 Å². The summed E-state index contributed by atoms with van der Waals surface area (Å²) in [5.74, 6) is -0.113. The van der Waals surface area contributed by atoms with E-state index in [1.54, 1.807) is 0 Å². The van der Waals surface area contributed by atoms with Gasteiger partial charge in [0.1, 0.15) is 5.75 Å². The van der Waals surface area contributed by atoms with Crippen LogP contribution >= 0.6 is 12.2 Å². The molecular weight excluding hydrogens is 304 g/mol. The van der Waals surface area contributed by atoms with Gasteiger partial charge >= 0.3 is 0 Å². The second-order valence-electron chi connectivity index (χ2n) is 4.19. The van der Waals surface area contributed by atoms with Crippen LogP contribution in [0.2, 0.25) is 0 Å². The lowest BCUT2D eigenvalue weighted by Crippen LogP contribution is -2.23. The highest BCUT2D eigenvalue weighted by Crippen LogP contribution is 2.21. The number of nitro groups is 1. The van der Waals surface area contributed by atoms with E-state index in [0.29, 0.717) is 0 Å². The molecule has 0 aliphatic rings. The van der Waals surface area contributed by atoms with E-state index in [9.17, 15) is 15.2 Å². The molecule has 2 aromatic carbocycles. The van der Waals surface area contributed by atoms with Gasteiger partial charge in [0.25, 0.3) is 5.69 Å². The quantitative estimate of drug-likeness (QED) is 0.347. The van der Waals surface area contributed by atoms with Gasteiger partial charge < -0.3 is 10.4 Å². The van der Waals surface area contributed by atoms with E-state index in [1.165, 1.54) is 24.4 Å². The molecule has 0 fully saturated rings. The minimum Gasteiger partial charge on any atom is -0.507 e. The Labute approximate surface area is 131 Å². The van der Waals surface area contributed by atoms with Crippen molar-refractivity contribution in [1.29, 1.82) is 0 Å². The number of phenols is 1. The van der Waals surface area contributed by atoms with E-state index in [2.05, 4.69) is 15.8 Å². The van der Waals surface area contributed by atoms with Gasteiger partial charge in [-0.2, -0.15) is 5.10 Å². The number of phenolic OH excluding ortho intramolecular Hbond substituents is 1. The fourth-order valence-electron chi connectivity index (χ4n) is 1.60. The molecule has 7 nitrogen and oxygen atoms in total. The number of hydrazone groups is 1. The molecule has 0 atom stereocenters. The summed E-state index contributed by atoms with van der Waals surface area (Å²) in [7, 11) is 0. The Kier molecular flexibility index (Phi) is 4.99. The van der Waals surface area contributed by atoms with Crippen LogP contribution in [0.5, 0.6) is 5.75 Å². The molecule has 0 aliphatic carbocycles. The van der Waals surface area contributed by atoms with Gasteiger partial charge in [-0.1, -0.05) is 18.2 Å². The third-order valence-electron chi connectivity index (χ3n) is 2.62. The van der Waals surface area contributed by atoms with Gasteiger partial charge in [-0.15, -0.1) is 0 Å². The van der Waals surface area contributed by atoms with Gasteiger partial charge in [-0.3, -0.25) is 15.5 Å². The van der Waals surface area contributed by atoms with E-state index in [-0.39, 0.29) is 22.1 Å². The van der Waals surface area contributed by atoms with Crippen molar-refractivity contribution in [3.05, 3.63) is 64.2 Å². The highest BCUT2D eigenvalue weighted by atomic mass is 32.1. The molecule has 0 radical (unpaired) electrons. The molecule has 0 amide bonds. The minimum absolute atomic E-state index is 0.113. The molecule has 8 heteroatoms.